The number of anilines is 1. The predicted molar refractivity (Wildman–Crippen MR) is 71.0 cm³/mol. The number of nitrogens with one attached hydrogen (secondary N) is 1. The van der Waals surface area contributed by atoms with E-state index in [-0.39, 0.29) is 10.7 Å². The van der Waals surface area contributed by atoms with Crippen LogP contribution in [-0.2, 0) is 11.0 Å². The molecule has 1 rings (SSSR count). The fourth-order valence-electron chi connectivity index (χ4n) is 1.20. The van der Waals surface area contributed by atoms with Gasteiger partial charge in [0, 0.05) is 5.69 Å². The number of carbonyl (C=O) groups excluding carboxylic acids is 1. The molecule has 19 heavy (non-hydrogen) atoms. The summed E-state index contributed by atoms with van der Waals surface area (Å²) in [5.74, 6) is -1.36. The lowest BCUT2D eigenvalue weighted by Gasteiger charge is -2.13. The Hall–Kier alpha value is -1.34. The Labute approximate surface area is 117 Å². The van der Waals surface area contributed by atoms with Gasteiger partial charge in [0.15, 0.2) is 0 Å². The molecule has 0 aliphatic heterocycles. The Morgan fingerprint density at radius 2 is 2.05 bits per heavy atom. The molecule has 0 bridgehead atoms. The Morgan fingerprint density at radius 3 is 2.53 bits per heavy atom. The van der Waals surface area contributed by atoms with Gasteiger partial charge < -0.3 is 11.1 Å². The molecule has 0 saturated carbocycles. The van der Waals surface area contributed by atoms with Gasteiger partial charge in [-0.15, -0.1) is 0 Å². The highest BCUT2D eigenvalue weighted by Gasteiger charge is 2.33. The van der Waals surface area contributed by atoms with E-state index in [1.54, 1.807) is 0 Å². The number of hydrogen-bond donors (Lipinski definition) is 2. The quantitative estimate of drug-likeness (QED) is 0.843. The van der Waals surface area contributed by atoms with Crippen LogP contribution in [0.5, 0.6) is 0 Å². The van der Waals surface area contributed by atoms with Gasteiger partial charge in [0.25, 0.3) is 0 Å². The monoisotopic (exact) mass is 310 g/mol. The van der Waals surface area contributed by atoms with Crippen molar-refractivity contribution in [2.24, 2.45) is 11.7 Å². The van der Waals surface area contributed by atoms with E-state index in [0.717, 1.165) is 12.1 Å². The van der Waals surface area contributed by atoms with E-state index in [1.165, 1.54) is 13.0 Å². The van der Waals surface area contributed by atoms with Crippen molar-refractivity contribution in [2.75, 3.05) is 5.32 Å². The normalized spacial score (nSPS) is 12.9. The van der Waals surface area contributed by atoms with E-state index in [0.29, 0.717) is 0 Å². The van der Waals surface area contributed by atoms with E-state index in [9.17, 15) is 18.0 Å². The summed E-state index contributed by atoms with van der Waals surface area (Å²) < 4.78 is 37.8. The third-order valence-electron chi connectivity index (χ3n) is 2.36. The predicted octanol–water partition coefficient (Wildman–Crippen LogP) is 3.22. The zero-order valence-electron chi connectivity index (χ0n) is 9.72. The van der Waals surface area contributed by atoms with Crippen molar-refractivity contribution >= 4 is 40.4 Å². The van der Waals surface area contributed by atoms with Crippen molar-refractivity contribution in [2.45, 2.75) is 13.1 Å². The van der Waals surface area contributed by atoms with Gasteiger partial charge in [0.1, 0.15) is 0 Å². The van der Waals surface area contributed by atoms with Crippen molar-refractivity contribution < 1.29 is 18.0 Å². The average Bonchev–Trinajstić information content (AvgIpc) is 2.28. The summed E-state index contributed by atoms with van der Waals surface area (Å²) in [5, 5.41) is 1.86. The number of hydrogen-bond acceptors (Lipinski definition) is 2. The molecule has 0 radical (unpaired) electrons. The topological polar surface area (TPSA) is 55.1 Å². The van der Waals surface area contributed by atoms with Gasteiger partial charge in [-0.1, -0.05) is 23.8 Å². The Balaban J connectivity index is 2.98. The molecule has 0 aliphatic rings. The third-order valence-corrected chi connectivity index (χ3v) is 3.04. The van der Waals surface area contributed by atoms with Crippen LogP contribution in [0.4, 0.5) is 18.9 Å². The number of rotatable bonds is 3. The highest BCUT2D eigenvalue weighted by Crippen LogP contribution is 2.36. The molecule has 0 fully saturated rings. The maximum Gasteiger partial charge on any atom is 0.417 e. The minimum Gasteiger partial charge on any atom is -0.393 e. The van der Waals surface area contributed by atoms with Crippen LogP contribution in [-0.4, -0.2) is 10.9 Å². The van der Waals surface area contributed by atoms with E-state index in [4.69, 9.17) is 17.3 Å². The molecule has 1 aromatic rings. The lowest BCUT2D eigenvalue weighted by atomic mass is 10.1. The molecule has 1 amide bonds. The first-order valence-corrected chi connectivity index (χ1v) is 5.88. The first-order chi connectivity index (χ1) is 8.62. The number of alkyl halides is 3. The van der Waals surface area contributed by atoms with Crippen LogP contribution >= 0.6 is 23.8 Å². The van der Waals surface area contributed by atoms with Gasteiger partial charge in [-0.3, -0.25) is 4.79 Å². The molecule has 0 aromatic heterocycles. The fourth-order valence-corrected chi connectivity index (χ4v) is 1.53. The van der Waals surface area contributed by atoms with Crippen LogP contribution in [0.1, 0.15) is 12.5 Å². The summed E-state index contributed by atoms with van der Waals surface area (Å²) >= 11 is 10.1. The molecule has 0 aliphatic carbocycles. The third kappa shape index (κ3) is 4.07. The van der Waals surface area contributed by atoms with Crippen LogP contribution in [0, 0.1) is 5.92 Å². The minimum atomic E-state index is -4.59. The van der Waals surface area contributed by atoms with Crippen molar-refractivity contribution in [3.05, 3.63) is 28.8 Å². The molecule has 1 atom stereocenters. The number of halogens is 4. The molecular formula is C11H10ClF3N2OS. The van der Waals surface area contributed by atoms with Crippen LogP contribution in [0.2, 0.25) is 5.02 Å². The van der Waals surface area contributed by atoms with Crippen molar-refractivity contribution in [1.29, 1.82) is 0 Å². The summed E-state index contributed by atoms with van der Waals surface area (Å²) in [6, 6.07) is 3.08. The first kappa shape index (κ1) is 15.7. The summed E-state index contributed by atoms with van der Waals surface area (Å²) in [4.78, 5) is 11.6. The number of nitrogens with two attached hydrogens (primary N) is 1. The van der Waals surface area contributed by atoms with Gasteiger partial charge in [-0.25, -0.2) is 0 Å². The highest BCUT2D eigenvalue weighted by atomic mass is 35.5. The number of amides is 1. The summed E-state index contributed by atoms with van der Waals surface area (Å²) in [5.41, 5.74) is 4.24. The molecule has 3 nitrogen and oxygen atoms in total. The zero-order chi connectivity index (χ0) is 14.8. The van der Waals surface area contributed by atoms with Crippen LogP contribution < -0.4 is 11.1 Å². The number of thiocarbonyl (C=S) groups is 1. The van der Waals surface area contributed by atoms with Crippen LogP contribution in [0.25, 0.3) is 0 Å². The summed E-state index contributed by atoms with van der Waals surface area (Å²) in [6.45, 7) is 1.46. The zero-order valence-corrected chi connectivity index (χ0v) is 11.3. The van der Waals surface area contributed by atoms with Crippen molar-refractivity contribution in [3.63, 3.8) is 0 Å². The van der Waals surface area contributed by atoms with Gasteiger partial charge in [0.2, 0.25) is 5.91 Å². The van der Waals surface area contributed by atoms with Crippen molar-refractivity contribution in [3.8, 4) is 0 Å². The standard InChI is InChI=1S/C11H10ClF3N2OS/c1-5(9(16)19)10(18)17-6-2-3-8(12)7(4-6)11(13,14)15/h2-5H,1H3,(H2,16,19)(H,17,18). The van der Waals surface area contributed by atoms with E-state index in [1.807, 2.05) is 0 Å². The Bertz CT molecular complexity index is 519. The van der Waals surface area contributed by atoms with Gasteiger partial charge >= 0.3 is 6.18 Å². The van der Waals surface area contributed by atoms with Crippen molar-refractivity contribution in [1.82, 2.24) is 0 Å². The lowest BCUT2D eigenvalue weighted by molar-refractivity contribution is -0.137. The van der Waals surface area contributed by atoms with Crippen LogP contribution in [0.15, 0.2) is 18.2 Å². The second-order valence-electron chi connectivity index (χ2n) is 3.81. The van der Waals surface area contributed by atoms with Gasteiger partial charge in [-0.05, 0) is 25.1 Å². The maximum atomic E-state index is 12.6. The lowest BCUT2D eigenvalue weighted by Crippen LogP contribution is -2.30. The summed E-state index contributed by atoms with van der Waals surface area (Å²) in [7, 11) is 0. The molecule has 1 unspecified atom stereocenters. The maximum absolute atomic E-state index is 12.6. The van der Waals surface area contributed by atoms with Gasteiger partial charge in [-0.2, -0.15) is 13.2 Å². The average molecular weight is 311 g/mol. The molecule has 0 heterocycles. The highest BCUT2D eigenvalue weighted by molar-refractivity contribution is 7.80. The van der Waals surface area contributed by atoms with E-state index in [2.05, 4.69) is 17.5 Å². The smallest absolute Gasteiger partial charge is 0.393 e. The van der Waals surface area contributed by atoms with E-state index >= 15 is 0 Å². The molecule has 0 spiro atoms. The molecular weight excluding hydrogens is 301 g/mol. The molecule has 104 valence electrons. The molecule has 3 N–H and O–H groups in total. The number of carbonyl (C=O) groups is 1. The first-order valence-electron chi connectivity index (χ1n) is 5.10. The van der Waals surface area contributed by atoms with E-state index < -0.39 is 28.6 Å². The number of benzene rings is 1. The Kier molecular flexibility index (Phi) is 4.75. The van der Waals surface area contributed by atoms with Crippen LogP contribution in [0.3, 0.4) is 0 Å². The molecule has 0 saturated heterocycles. The SMILES string of the molecule is CC(C(=O)Nc1ccc(Cl)c(C(F)(F)F)c1)C(N)=S. The second-order valence-corrected chi connectivity index (χ2v) is 4.68. The summed E-state index contributed by atoms with van der Waals surface area (Å²) in [6.07, 6.45) is -4.59. The second kappa shape index (κ2) is 5.75. The fraction of sp³-hybridized carbons (Fsp3) is 0.273. The Morgan fingerprint density at radius 1 is 1.47 bits per heavy atom. The minimum absolute atomic E-state index is 0.0233. The molecule has 1 aromatic carbocycles. The molecule has 8 heteroatoms. The van der Waals surface area contributed by atoms with Gasteiger partial charge in [0.05, 0.1) is 21.5 Å². The largest absolute Gasteiger partial charge is 0.417 e.